The van der Waals surface area contributed by atoms with E-state index in [1.165, 1.54) is 25.3 Å². The molecule has 1 aliphatic rings. The minimum atomic E-state index is -0.531. The number of amides is 2. The molecule has 0 aromatic heterocycles. The van der Waals surface area contributed by atoms with Gasteiger partial charge in [0, 0.05) is 6.04 Å². The number of anilines is 1. The highest BCUT2D eigenvalue weighted by Crippen LogP contribution is 2.23. The van der Waals surface area contributed by atoms with Crippen molar-refractivity contribution >= 4 is 35.1 Å². The summed E-state index contributed by atoms with van der Waals surface area (Å²) >= 11 is 5.99. The van der Waals surface area contributed by atoms with Crippen LogP contribution in [-0.2, 0) is 14.3 Å². The van der Waals surface area contributed by atoms with Gasteiger partial charge in [-0.05, 0) is 31.0 Å². The van der Waals surface area contributed by atoms with Crippen LogP contribution in [0.3, 0.4) is 0 Å². The number of benzene rings is 1. The fourth-order valence-corrected chi connectivity index (χ4v) is 2.72. The maximum absolute atomic E-state index is 12.0. The number of hydrogen-bond acceptors (Lipinski definition) is 4. The van der Waals surface area contributed by atoms with Crippen molar-refractivity contribution in [3.05, 3.63) is 28.8 Å². The van der Waals surface area contributed by atoms with E-state index in [1.54, 1.807) is 0 Å². The Bertz CT molecular complexity index is 612. The van der Waals surface area contributed by atoms with Crippen LogP contribution < -0.4 is 10.6 Å². The minimum Gasteiger partial charge on any atom is -0.465 e. The van der Waals surface area contributed by atoms with Gasteiger partial charge < -0.3 is 15.4 Å². The van der Waals surface area contributed by atoms with Gasteiger partial charge in [-0.15, -0.1) is 0 Å². The van der Waals surface area contributed by atoms with Crippen molar-refractivity contribution in [2.45, 2.75) is 38.1 Å². The first-order valence-corrected chi connectivity index (χ1v) is 7.84. The van der Waals surface area contributed by atoms with Crippen molar-refractivity contribution in [2.24, 2.45) is 0 Å². The number of rotatable bonds is 5. The van der Waals surface area contributed by atoms with E-state index >= 15 is 0 Å². The Morgan fingerprint density at radius 1 is 1.22 bits per heavy atom. The molecule has 0 aliphatic heterocycles. The maximum Gasteiger partial charge on any atom is 0.337 e. The molecule has 7 heteroatoms. The number of carbonyl (C=O) groups excluding carboxylic acids is 3. The van der Waals surface area contributed by atoms with Gasteiger partial charge in [0.2, 0.25) is 11.8 Å². The average molecular weight is 339 g/mol. The van der Waals surface area contributed by atoms with E-state index in [-0.39, 0.29) is 34.6 Å². The Labute approximate surface area is 139 Å². The lowest BCUT2D eigenvalue weighted by Crippen LogP contribution is -2.35. The van der Waals surface area contributed by atoms with E-state index in [1.807, 2.05) is 0 Å². The molecule has 1 fully saturated rings. The fourth-order valence-electron chi connectivity index (χ4n) is 2.55. The number of ether oxygens (including phenoxy) is 1. The highest BCUT2D eigenvalue weighted by Gasteiger charge is 2.19. The molecule has 0 atom stereocenters. The van der Waals surface area contributed by atoms with Crippen LogP contribution in [0.4, 0.5) is 5.69 Å². The molecule has 23 heavy (non-hydrogen) atoms. The summed E-state index contributed by atoms with van der Waals surface area (Å²) in [6.45, 7) is 0. The molecule has 0 radical (unpaired) electrons. The topological polar surface area (TPSA) is 84.5 Å². The van der Waals surface area contributed by atoms with E-state index in [9.17, 15) is 14.4 Å². The van der Waals surface area contributed by atoms with E-state index in [0.717, 1.165) is 25.7 Å². The molecule has 0 bridgehead atoms. The quantitative estimate of drug-likeness (QED) is 0.638. The molecule has 1 aromatic rings. The zero-order valence-electron chi connectivity index (χ0n) is 12.9. The Hall–Kier alpha value is -2.08. The average Bonchev–Trinajstić information content (AvgIpc) is 3.01. The minimum absolute atomic E-state index is 0.168. The predicted octanol–water partition coefficient (Wildman–Crippen LogP) is 2.51. The Balaban J connectivity index is 1.93. The number of carbonyl (C=O) groups is 3. The largest absolute Gasteiger partial charge is 0.465 e. The number of nitrogens with one attached hydrogen (secondary N) is 2. The van der Waals surface area contributed by atoms with Crippen molar-refractivity contribution in [1.29, 1.82) is 0 Å². The molecule has 0 saturated heterocycles. The maximum atomic E-state index is 12.0. The molecular weight excluding hydrogens is 320 g/mol. The first-order valence-electron chi connectivity index (χ1n) is 7.46. The molecule has 6 nitrogen and oxygen atoms in total. The standard InChI is InChI=1S/C16H19ClN2O4/c1-23-16(22)10-6-7-12(17)13(8-10)19-15(21)9-14(20)18-11-4-2-3-5-11/h6-8,11H,2-5,9H2,1H3,(H,18,20)(H,19,21). The molecule has 2 rings (SSSR count). The Morgan fingerprint density at radius 2 is 1.91 bits per heavy atom. The number of hydrogen-bond donors (Lipinski definition) is 2. The lowest BCUT2D eigenvalue weighted by Gasteiger charge is -2.12. The molecule has 1 saturated carbocycles. The zero-order valence-corrected chi connectivity index (χ0v) is 13.6. The molecule has 2 amide bonds. The summed E-state index contributed by atoms with van der Waals surface area (Å²) in [4.78, 5) is 35.3. The lowest BCUT2D eigenvalue weighted by atomic mass is 10.2. The van der Waals surface area contributed by atoms with Crippen LogP contribution in [0.15, 0.2) is 18.2 Å². The number of halogens is 1. The lowest BCUT2D eigenvalue weighted by molar-refractivity contribution is -0.127. The Morgan fingerprint density at radius 3 is 2.57 bits per heavy atom. The van der Waals surface area contributed by atoms with Crippen molar-refractivity contribution in [3.8, 4) is 0 Å². The molecule has 124 valence electrons. The zero-order chi connectivity index (χ0) is 16.8. The summed E-state index contributed by atoms with van der Waals surface area (Å²) in [6.07, 6.45) is 3.84. The molecule has 0 spiro atoms. The highest BCUT2D eigenvalue weighted by molar-refractivity contribution is 6.34. The second kappa shape index (κ2) is 7.97. The van der Waals surface area contributed by atoms with Crippen LogP contribution in [0.25, 0.3) is 0 Å². The molecule has 1 aromatic carbocycles. The Kier molecular flexibility index (Phi) is 5.98. The van der Waals surface area contributed by atoms with Crippen LogP contribution in [-0.4, -0.2) is 30.9 Å². The third kappa shape index (κ3) is 4.96. The summed E-state index contributed by atoms with van der Waals surface area (Å²) in [5.74, 6) is -1.32. The summed E-state index contributed by atoms with van der Waals surface area (Å²) in [6, 6.07) is 4.57. The smallest absolute Gasteiger partial charge is 0.337 e. The van der Waals surface area contributed by atoms with Crippen LogP contribution in [0.5, 0.6) is 0 Å². The first kappa shape index (κ1) is 17.3. The third-order valence-electron chi connectivity index (χ3n) is 3.70. The van der Waals surface area contributed by atoms with E-state index in [4.69, 9.17) is 11.6 Å². The summed E-state index contributed by atoms with van der Waals surface area (Å²) in [5, 5.41) is 5.67. The summed E-state index contributed by atoms with van der Waals surface area (Å²) < 4.78 is 4.62. The number of methoxy groups -OCH3 is 1. The van der Waals surface area contributed by atoms with Gasteiger partial charge >= 0.3 is 5.97 Å². The normalized spacial score (nSPS) is 14.3. The monoisotopic (exact) mass is 338 g/mol. The van der Waals surface area contributed by atoms with Gasteiger partial charge in [-0.2, -0.15) is 0 Å². The van der Waals surface area contributed by atoms with Gasteiger partial charge in [0.15, 0.2) is 0 Å². The van der Waals surface area contributed by atoms with Gasteiger partial charge in [0.05, 0.1) is 23.4 Å². The SMILES string of the molecule is COC(=O)c1ccc(Cl)c(NC(=O)CC(=O)NC2CCCC2)c1. The van der Waals surface area contributed by atoms with Gasteiger partial charge in [0.25, 0.3) is 0 Å². The molecule has 0 unspecified atom stereocenters. The molecule has 0 heterocycles. The van der Waals surface area contributed by atoms with Gasteiger partial charge in [-0.3, -0.25) is 9.59 Å². The van der Waals surface area contributed by atoms with Gasteiger partial charge in [0.1, 0.15) is 6.42 Å². The van der Waals surface area contributed by atoms with Gasteiger partial charge in [-0.25, -0.2) is 4.79 Å². The predicted molar refractivity (Wildman–Crippen MR) is 86.4 cm³/mol. The van der Waals surface area contributed by atoms with E-state index in [0.29, 0.717) is 0 Å². The van der Waals surface area contributed by atoms with Gasteiger partial charge in [-0.1, -0.05) is 24.4 Å². The van der Waals surface area contributed by atoms with Crippen molar-refractivity contribution in [2.75, 3.05) is 12.4 Å². The number of esters is 1. The van der Waals surface area contributed by atoms with Crippen molar-refractivity contribution < 1.29 is 19.1 Å². The third-order valence-corrected chi connectivity index (χ3v) is 4.03. The second-order valence-corrected chi connectivity index (χ2v) is 5.87. The summed E-state index contributed by atoms with van der Waals surface area (Å²) in [7, 11) is 1.27. The van der Waals surface area contributed by atoms with E-state index < -0.39 is 11.9 Å². The highest BCUT2D eigenvalue weighted by atomic mass is 35.5. The first-order chi connectivity index (χ1) is 11.0. The van der Waals surface area contributed by atoms with Crippen molar-refractivity contribution in [1.82, 2.24) is 5.32 Å². The molecule has 2 N–H and O–H groups in total. The second-order valence-electron chi connectivity index (χ2n) is 5.46. The van der Waals surface area contributed by atoms with Crippen LogP contribution in [0.2, 0.25) is 5.02 Å². The fraction of sp³-hybridized carbons (Fsp3) is 0.438. The molecular formula is C16H19ClN2O4. The van der Waals surface area contributed by atoms with Crippen LogP contribution in [0, 0.1) is 0 Å². The van der Waals surface area contributed by atoms with E-state index in [2.05, 4.69) is 15.4 Å². The molecule has 1 aliphatic carbocycles. The van der Waals surface area contributed by atoms with Crippen LogP contribution >= 0.6 is 11.6 Å². The van der Waals surface area contributed by atoms with Crippen molar-refractivity contribution in [3.63, 3.8) is 0 Å². The summed E-state index contributed by atoms with van der Waals surface area (Å²) in [5.41, 5.74) is 0.538. The van der Waals surface area contributed by atoms with Crippen LogP contribution in [0.1, 0.15) is 42.5 Å².